The molecule has 0 aromatic carbocycles. The van der Waals surface area contributed by atoms with Gasteiger partial charge in [-0.1, -0.05) is 0 Å². The molecule has 2 fully saturated rings. The van der Waals surface area contributed by atoms with E-state index < -0.39 is 0 Å². The van der Waals surface area contributed by atoms with Crippen molar-refractivity contribution in [1.29, 1.82) is 0 Å². The number of carbonyl (C=O) groups excluding carboxylic acids is 1. The van der Waals surface area contributed by atoms with E-state index in [0.717, 1.165) is 57.8 Å². The second-order valence-corrected chi connectivity index (χ2v) is 7.66. The van der Waals surface area contributed by atoms with Gasteiger partial charge >= 0.3 is 0 Å². The largest absolute Gasteiger partial charge is 0.356 e. The molecule has 0 bridgehead atoms. The third kappa shape index (κ3) is 6.34. The lowest BCUT2D eigenvalue weighted by molar-refractivity contribution is -0.122. The first-order valence-corrected chi connectivity index (χ1v) is 10.6. The summed E-state index contributed by atoms with van der Waals surface area (Å²) in [6.07, 6.45) is 8.27. The van der Waals surface area contributed by atoms with Crippen LogP contribution in [0.3, 0.4) is 0 Å². The van der Waals surface area contributed by atoms with Crippen molar-refractivity contribution in [2.75, 3.05) is 56.0 Å². The van der Waals surface area contributed by atoms with E-state index in [1.54, 1.807) is 0 Å². The van der Waals surface area contributed by atoms with E-state index in [-0.39, 0.29) is 5.91 Å². The standard InChI is InChI=1S/C20H34N6O/c1-2-21-20-23-10-6-18(24-20)26-14-7-17(8-15-26)16-19(27)22-9-5-13-25-11-3-4-12-25/h6,10,17H,2-5,7-9,11-16H2,1H3,(H,22,27)(H,21,23,24). The van der Waals surface area contributed by atoms with Gasteiger partial charge in [-0.25, -0.2) is 4.98 Å². The molecule has 2 aliphatic rings. The Balaban J connectivity index is 1.32. The van der Waals surface area contributed by atoms with Crippen LogP contribution in [0.15, 0.2) is 12.3 Å². The second kappa shape index (κ2) is 10.4. The number of piperidine rings is 1. The van der Waals surface area contributed by atoms with Gasteiger partial charge in [-0.05, 0) is 70.6 Å². The van der Waals surface area contributed by atoms with Crippen LogP contribution in [0.2, 0.25) is 0 Å². The highest BCUT2D eigenvalue weighted by Crippen LogP contribution is 2.24. The molecule has 0 radical (unpaired) electrons. The van der Waals surface area contributed by atoms with Gasteiger partial charge in [-0.2, -0.15) is 4.98 Å². The van der Waals surface area contributed by atoms with Crippen molar-refractivity contribution < 1.29 is 4.79 Å². The van der Waals surface area contributed by atoms with E-state index >= 15 is 0 Å². The molecule has 2 N–H and O–H groups in total. The maximum Gasteiger partial charge on any atom is 0.224 e. The molecule has 150 valence electrons. The number of nitrogens with zero attached hydrogens (tertiary/aromatic N) is 4. The maximum atomic E-state index is 12.2. The number of hydrogen-bond donors (Lipinski definition) is 2. The zero-order valence-electron chi connectivity index (χ0n) is 16.6. The van der Waals surface area contributed by atoms with Crippen LogP contribution < -0.4 is 15.5 Å². The van der Waals surface area contributed by atoms with Crippen LogP contribution in [0.1, 0.15) is 45.4 Å². The first-order valence-electron chi connectivity index (χ1n) is 10.6. The first kappa shape index (κ1) is 19.9. The minimum absolute atomic E-state index is 0.214. The van der Waals surface area contributed by atoms with Gasteiger partial charge in [0.25, 0.3) is 0 Å². The van der Waals surface area contributed by atoms with Crippen molar-refractivity contribution in [3.63, 3.8) is 0 Å². The Labute approximate surface area is 162 Å². The molecule has 0 atom stereocenters. The molecular weight excluding hydrogens is 340 g/mol. The Morgan fingerprint density at radius 2 is 2.00 bits per heavy atom. The lowest BCUT2D eigenvalue weighted by Gasteiger charge is -2.32. The van der Waals surface area contributed by atoms with Gasteiger partial charge < -0.3 is 20.4 Å². The average Bonchev–Trinajstić information content (AvgIpc) is 3.20. The maximum absolute atomic E-state index is 12.2. The summed E-state index contributed by atoms with van der Waals surface area (Å²) < 4.78 is 0. The zero-order valence-corrected chi connectivity index (χ0v) is 16.6. The normalized spacial score (nSPS) is 18.6. The lowest BCUT2D eigenvalue weighted by atomic mass is 9.93. The molecule has 0 spiro atoms. The first-order chi connectivity index (χ1) is 13.2. The van der Waals surface area contributed by atoms with E-state index in [4.69, 9.17) is 0 Å². The van der Waals surface area contributed by atoms with Crippen molar-refractivity contribution in [1.82, 2.24) is 20.2 Å². The van der Waals surface area contributed by atoms with Crippen molar-refractivity contribution in [3.05, 3.63) is 12.3 Å². The fraction of sp³-hybridized carbons (Fsp3) is 0.750. The van der Waals surface area contributed by atoms with E-state index in [0.29, 0.717) is 18.3 Å². The van der Waals surface area contributed by atoms with Crippen LogP contribution >= 0.6 is 0 Å². The fourth-order valence-corrected chi connectivity index (χ4v) is 4.01. The lowest BCUT2D eigenvalue weighted by Crippen LogP contribution is -2.36. The quantitative estimate of drug-likeness (QED) is 0.645. The number of carbonyl (C=O) groups is 1. The second-order valence-electron chi connectivity index (χ2n) is 7.66. The van der Waals surface area contributed by atoms with Gasteiger partial charge in [0.15, 0.2) is 0 Å². The summed E-state index contributed by atoms with van der Waals surface area (Å²) >= 11 is 0. The Bertz CT molecular complexity index is 582. The van der Waals surface area contributed by atoms with Gasteiger partial charge in [0.2, 0.25) is 11.9 Å². The summed E-state index contributed by atoms with van der Waals surface area (Å²) in [7, 11) is 0. The molecule has 0 aliphatic carbocycles. The summed E-state index contributed by atoms with van der Waals surface area (Å²) in [6, 6.07) is 1.97. The number of anilines is 2. The van der Waals surface area contributed by atoms with Gasteiger partial charge in [0.05, 0.1) is 0 Å². The highest BCUT2D eigenvalue weighted by molar-refractivity contribution is 5.76. The SMILES string of the molecule is CCNc1nccc(N2CCC(CC(=O)NCCCN3CCCC3)CC2)n1. The summed E-state index contributed by atoms with van der Waals surface area (Å²) in [5, 5.41) is 6.27. The van der Waals surface area contributed by atoms with Gasteiger partial charge in [0.1, 0.15) is 5.82 Å². The molecule has 2 saturated heterocycles. The Morgan fingerprint density at radius 3 is 2.74 bits per heavy atom. The van der Waals surface area contributed by atoms with E-state index in [9.17, 15) is 4.79 Å². The highest BCUT2D eigenvalue weighted by Gasteiger charge is 2.22. The van der Waals surface area contributed by atoms with Crippen molar-refractivity contribution in [3.8, 4) is 0 Å². The molecule has 3 heterocycles. The Hall–Kier alpha value is -1.89. The molecular formula is C20H34N6O. The summed E-state index contributed by atoms with van der Waals surface area (Å²) in [6.45, 7) is 9.15. The molecule has 0 unspecified atom stereocenters. The monoisotopic (exact) mass is 374 g/mol. The molecule has 1 aromatic rings. The molecule has 1 aromatic heterocycles. The molecule has 27 heavy (non-hydrogen) atoms. The predicted molar refractivity (Wildman–Crippen MR) is 109 cm³/mol. The van der Waals surface area contributed by atoms with Crippen molar-refractivity contribution >= 4 is 17.7 Å². The van der Waals surface area contributed by atoms with E-state index in [2.05, 4.69) is 30.4 Å². The molecule has 3 rings (SSSR count). The molecule has 7 nitrogen and oxygen atoms in total. The zero-order chi connectivity index (χ0) is 18.9. The third-order valence-electron chi connectivity index (χ3n) is 5.56. The van der Waals surface area contributed by atoms with E-state index in [1.165, 1.54) is 25.9 Å². The summed E-state index contributed by atoms with van der Waals surface area (Å²) in [5.41, 5.74) is 0. The number of aromatic nitrogens is 2. The predicted octanol–water partition coefficient (Wildman–Crippen LogP) is 2.12. The molecule has 7 heteroatoms. The third-order valence-corrected chi connectivity index (χ3v) is 5.56. The van der Waals surface area contributed by atoms with Crippen molar-refractivity contribution in [2.45, 2.75) is 45.4 Å². The van der Waals surface area contributed by atoms with Gasteiger partial charge in [-0.3, -0.25) is 4.79 Å². The van der Waals surface area contributed by atoms with Crippen LogP contribution in [0.4, 0.5) is 11.8 Å². The number of rotatable bonds is 9. The minimum Gasteiger partial charge on any atom is -0.356 e. The topological polar surface area (TPSA) is 73.4 Å². The fourth-order valence-electron chi connectivity index (χ4n) is 4.01. The van der Waals surface area contributed by atoms with Crippen LogP contribution in [0.5, 0.6) is 0 Å². The number of amides is 1. The summed E-state index contributed by atoms with van der Waals surface area (Å²) in [5.74, 6) is 2.36. The van der Waals surface area contributed by atoms with Crippen LogP contribution in [0.25, 0.3) is 0 Å². The van der Waals surface area contributed by atoms with Gasteiger partial charge in [-0.15, -0.1) is 0 Å². The molecule has 2 aliphatic heterocycles. The van der Waals surface area contributed by atoms with Gasteiger partial charge in [0, 0.05) is 38.8 Å². The van der Waals surface area contributed by atoms with E-state index in [1.807, 2.05) is 19.2 Å². The summed E-state index contributed by atoms with van der Waals surface area (Å²) in [4.78, 5) is 25.8. The van der Waals surface area contributed by atoms with Crippen molar-refractivity contribution in [2.24, 2.45) is 5.92 Å². The smallest absolute Gasteiger partial charge is 0.224 e. The number of likely N-dealkylation sites (tertiary alicyclic amines) is 1. The van der Waals surface area contributed by atoms with Crippen LogP contribution in [-0.4, -0.2) is 66.6 Å². The Morgan fingerprint density at radius 1 is 1.22 bits per heavy atom. The molecule has 1 amide bonds. The average molecular weight is 375 g/mol. The molecule has 0 saturated carbocycles. The van der Waals surface area contributed by atoms with Crippen LogP contribution in [-0.2, 0) is 4.79 Å². The minimum atomic E-state index is 0.214. The Kier molecular flexibility index (Phi) is 7.68. The number of nitrogens with one attached hydrogen (secondary N) is 2. The number of hydrogen-bond acceptors (Lipinski definition) is 6. The highest BCUT2D eigenvalue weighted by atomic mass is 16.1. The van der Waals surface area contributed by atoms with Crippen LogP contribution in [0, 0.1) is 5.92 Å².